The average molecular weight is 321 g/mol. The molecule has 24 heavy (non-hydrogen) atoms. The van der Waals surface area contributed by atoms with Crippen molar-refractivity contribution < 1.29 is 4.74 Å². The van der Waals surface area contributed by atoms with Gasteiger partial charge in [0.25, 0.3) is 5.56 Å². The number of ether oxygens (including phenoxy) is 1. The van der Waals surface area contributed by atoms with E-state index in [4.69, 9.17) is 4.74 Å². The van der Waals surface area contributed by atoms with E-state index in [2.05, 4.69) is 25.4 Å². The zero-order chi connectivity index (χ0) is 16.5. The minimum atomic E-state index is -0.211. The minimum Gasteiger partial charge on any atom is -0.493 e. The zero-order valence-electron chi connectivity index (χ0n) is 13.0. The van der Waals surface area contributed by atoms with Gasteiger partial charge < -0.3 is 9.72 Å². The van der Waals surface area contributed by atoms with Crippen LogP contribution in [0.1, 0.15) is 13.3 Å². The molecule has 7 nitrogen and oxygen atoms in total. The van der Waals surface area contributed by atoms with Crippen LogP contribution in [0.4, 0.5) is 0 Å². The topological polar surface area (TPSA) is 96.6 Å². The second-order valence-corrected chi connectivity index (χ2v) is 5.46. The van der Waals surface area contributed by atoms with Gasteiger partial charge in [-0.2, -0.15) is 0 Å². The quantitative estimate of drug-likeness (QED) is 0.602. The van der Waals surface area contributed by atoms with Crippen LogP contribution in [0, 0.1) is 0 Å². The first-order valence-electron chi connectivity index (χ1n) is 7.73. The molecule has 0 atom stereocenters. The summed E-state index contributed by atoms with van der Waals surface area (Å²) in [5.41, 5.74) is 2.48. The smallest absolute Gasteiger partial charge is 0.259 e. The van der Waals surface area contributed by atoms with E-state index in [1.54, 1.807) is 12.1 Å². The Hall–Kier alpha value is -3.22. The largest absolute Gasteiger partial charge is 0.493 e. The van der Waals surface area contributed by atoms with Crippen molar-refractivity contribution in [3.63, 3.8) is 0 Å². The monoisotopic (exact) mass is 321 g/mol. The van der Waals surface area contributed by atoms with Crippen molar-refractivity contribution in [2.45, 2.75) is 13.3 Å². The molecule has 0 saturated heterocycles. The molecule has 0 radical (unpaired) electrons. The maximum Gasteiger partial charge on any atom is 0.259 e. The van der Waals surface area contributed by atoms with Gasteiger partial charge >= 0.3 is 0 Å². The number of para-hydroxylation sites is 1. The molecular weight excluding hydrogens is 306 g/mol. The number of nitrogens with zero attached hydrogens (tertiary/aromatic N) is 3. The predicted octanol–water partition coefficient (Wildman–Crippen LogP) is 2.65. The third-order valence-corrected chi connectivity index (χ3v) is 3.75. The van der Waals surface area contributed by atoms with Gasteiger partial charge in [-0.15, -0.1) is 5.10 Å². The number of benzene rings is 2. The highest BCUT2D eigenvalue weighted by Gasteiger charge is 2.12. The zero-order valence-corrected chi connectivity index (χ0v) is 13.0. The number of nitrogens with one attached hydrogen (secondary N) is 2. The molecule has 0 aliphatic carbocycles. The molecule has 0 unspecified atom stereocenters. The highest BCUT2D eigenvalue weighted by Crippen LogP contribution is 2.28. The summed E-state index contributed by atoms with van der Waals surface area (Å²) in [4.78, 5) is 19.9. The van der Waals surface area contributed by atoms with Crippen molar-refractivity contribution in [1.82, 2.24) is 25.4 Å². The maximum absolute atomic E-state index is 12.5. The minimum absolute atomic E-state index is 0.211. The highest BCUT2D eigenvalue weighted by molar-refractivity contribution is 5.92. The molecule has 4 aromatic rings. The summed E-state index contributed by atoms with van der Waals surface area (Å²) in [5.74, 6) is 1.17. The number of hydrogen-bond acceptors (Lipinski definition) is 5. The molecule has 0 saturated carbocycles. The molecule has 2 aromatic carbocycles. The molecule has 2 heterocycles. The Bertz CT molecular complexity index is 1080. The van der Waals surface area contributed by atoms with Crippen LogP contribution in [-0.4, -0.2) is 32.0 Å². The molecule has 2 aromatic heterocycles. The normalized spacial score (nSPS) is 11.2. The SMILES string of the molecule is CCCOc1ccccc1-c1nc2cc3nn[nH]c3cc2c(=O)[nH]1. The second kappa shape index (κ2) is 5.77. The molecular formula is C17H15N5O2. The van der Waals surface area contributed by atoms with E-state index in [9.17, 15) is 4.79 Å². The van der Waals surface area contributed by atoms with E-state index in [0.29, 0.717) is 40.1 Å². The summed E-state index contributed by atoms with van der Waals surface area (Å²) in [6.45, 7) is 2.65. The Kier molecular flexibility index (Phi) is 3.45. The van der Waals surface area contributed by atoms with E-state index in [0.717, 1.165) is 12.0 Å². The van der Waals surface area contributed by atoms with Crippen molar-refractivity contribution in [3.8, 4) is 17.1 Å². The van der Waals surface area contributed by atoms with Crippen LogP contribution in [0.25, 0.3) is 33.3 Å². The lowest BCUT2D eigenvalue weighted by atomic mass is 10.1. The van der Waals surface area contributed by atoms with Crippen molar-refractivity contribution in [2.24, 2.45) is 0 Å². The standard InChI is InChI=1S/C17H15N5O2/c1-2-7-24-15-6-4-3-5-10(15)16-18-12-9-14-13(20-22-21-14)8-11(12)17(23)19-16/h3-6,8-9H,2,7H2,1H3,(H,18,19,23)(H,20,21,22). The fourth-order valence-corrected chi connectivity index (χ4v) is 2.61. The van der Waals surface area contributed by atoms with Crippen LogP contribution in [0.3, 0.4) is 0 Å². The highest BCUT2D eigenvalue weighted by atomic mass is 16.5. The lowest BCUT2D eigenvalue weighted by molar-refractivity contribution is 0.318. The first-order chi connectivity index (χ1) is 11.8. The molecule has 0 amide bonds. The van der Waals surface area contributed by atoms with E-state index in [1.807, 2.05) is 31.2 Å². The van der Waals surface area contributed by atoms with E-state index in [-0.39, 0.29) is 5.56 Å². The Morgan fingerprint density at radius 2 is 2.04 bits per heavy atom. The van der Waals surface area contributed by atoms with Gasteiger partial charge in [0, 0.05) is 0 Å². The van der Waals surface area contributed by atoms with Crippen LogP contribution in [0.5, 0.6) is 5.75 Å². The second-order valence-electron chi connectivity index (χ2n) is 5.46. The molecule has 120 valence electrons. The van der Waals surface area contributed by atoms with Gasteiger partial charge in [0.1, 0.15) is 17.1 Å². The Morgan fingerprint density at radius 3 is 2.92 bits per heavy atom. The third-order valence-electron chi connectivity index (χ3n) is 3.75. The van der Waals surface area contributed by atoms with Gasteiger partial charge in [0.2, 0.25) is 0 Å². The van der Waals surface area contributed by atoms with E-state index in [1.165, 1.54) is 0 Å². The predicted molar refractivity (Wildman–Crippen MR) is 91.0 cm³/mol. The Balaban J connectivity index is 1.91. The van der Waals surface area contributed by atoms with E-state index < -0.39 is 0 Å². The van der Waals surface area contributed by atoms with Crippen LogP contribution in [0.15, 0.2) is 41.2 Å². The molecule has 0 aliphatic heterocycles. The van der Waals surface area contributed by atoms with Gasteiger partial charge in [0.05, 0.1) is 28.6 Å². The number of hydrogen-bond donors (Lipinski definition) is 2. The van der Waals surface area contributed by atoms with Crippen molar-refractivity contribution in [2.75, 3.05) is 6.61 Å². The van der Waals surface area contributed by atoms with Gasteiger partial charge in [-0.25, -0.2) is 4.98 Å². The summed E-state index contributed by atoms with van der Waals surface area (Å²) >= 11 is 0. The summed E-state index contributed by atoms with van der Waals surface area (Å²) < 4.78 is 5.76. The third kappa shape index (κ3) is 2.40. The summed E-state index contributed by atoms with van der Waals surface area (Å²) in [5, 5.41) is 11.0. The van der Waals surface area contributed by atoms with Crippen molar-refractivity contribution >= 4 is 21.9 Å². The Morgan fingerprint density at radius 1 is 1.17 bits per heavy atom. The lowest BCUT2D eigenvalue weighted by Gasteiger charge is -2.10. The number of aromatic nitrogens is 5. The lowest BCUT2D eigenvalue weighted by Crippen LogP contribution is -2.10. The molecule has 4 rings (SSSR count). The molecule has 0 bridgehead atoms. The first kappa shape index (κ1) is 14.4. The molecule has 0 spiro atoms. The summed E-state index contributed by atoms with van der Waals surface area (Å²) in [6, 6.07) is 11.0. The van der Waals surface area contributed by atoms with Gasteiger partial charge in [-0.1, -0.05) is 24.3 Å². The van der Waals surface area contributed by atoms with Crippen LogP contribution in [0.2, 0.25) is 0 Å². The van der Waals surface area contributed by atoms with Crippen molar-refractivity contribution in [1.29, 1.82) is 0 Å². The van der Waals surface area contributed by atoms with E-state index >= 15 is 0 Å². The number of aromatic amines is 2. The van der Waals surface area contributed by atoms with Crippen LogP contribution >= 0.6 is 0 Å². The first-order valence-corrected chi connectivity index (χ1v) is 7.73. The average Bonchev–Trinajstić information content (AvgIpc) is 3.06. The van der Waals surface area contributed by atoms with Gasteiger partial charge in [0.15, 0.2) is 0 Å². The summed E-state index contributed by atoms with van der Waals surface area (Å²) in [6.07, 6.45) is 0.903. The Labute approximate surface area is 136 Å². The fourth-order valence-electron chi connectivity index (χ4n) is 2.61. The van der Waals surface area contributed by atoms with Crippen LogP contribution in [-0.2, 0) is 0 Å². The molecule has 7 heteroatoms. The fraction of sp³-hybridized carbons (Fsp3) is 0.176. The molecule has 0 fully saturated rings. The molecule has 2 N–H and O–H groups in total. The number of fused-ring (bicyclic) bond motifs is 2. The number of rotatable bonds is 4. The summed E-state index contributed by atoms with van der Waals surface area (Å²) in [7, 11) is 0. The maximum atomic E-state index is 12.5. The van der Waals surface area contributed by atoms with Gasteiger partial charge in [-0.05, 0) is 30.7 Å². The van der Waals surface area contributed by atoms with Crippen LogP contribution < -0.4 is 10.3 Å². The van der Waals surface area contributed by atoms with Crippen molar-refractivity contribution in [3.05, 3.63) is 46.8 Å². The molecule has 0 aliphatic rings. The van der Waals surface area contributed by atoms with Gasteiger partial charge in [-0.3, -0.25) is 9.89 Å². The number of H-pyrrole nitrogens is 2.